The Morgan fingerprint density at radius 3 is 2.94 bits per heavy atom. The van der Waals surface area contributed by atoms with Crippen molar-refractivity contribution in [3.63, 3.8) is 0 Å². The molecule has 1 aliphatic rings. The van der Waals surface area contributed by atoms with Gasteiger partial charge in [0.1, 0.15) is 0 Å². The zero-order valence-corrected chi connectivity index (χ0v) is 9.22. The highest BCUT2D eigenvalue weighted by Crippen LogP contribution is 2.32. The summed E-state index contributed by atoms with van der Waals surface area (Å²) in [5, 5.41) is 15.0. The predicted octanol–water partition coefficient (Wildman–Crippen LogP) is 1.26. The van der Waals surface area contributed by atoms with Crippen LogP contribution in [0.1, 0.15) is 32.6 Å². The van der Waals surface area contributed by atoms with E-state index in [0.717, 1.165) is 5.82 Å². The van der Waals surface area contributed by atoms with E-state index < -0.39 is 0 Å². The van der Waals surface area contributed by atoms with Gasteiger partial charge in [-0.15, -0.1) is 5.10 Å². The van der Waals surface area contributed by atoms with Gasteiger partial charge in [0, 0.05) is 5.54 Å². The van der Waals surface area contributed by atoms with Crippen LogP contribution in [0.25, 0.3) is 5.65 Å². The molecule has 2 heterocycles. The number of aromatic nitrogens is 5. The summed E-state index contributed by atoms with van der Waals surface area (Å²) in [5.74, 6) is 0.868. The highest BCUT2D eigenvalue weighted by atomic mass is 15.5. The second-order valence-electron chi connectivity index (χ2n) is 4.63. The second kappa shape index (κ2) is 3.40. The summed E-state index contributed by atoms with van der Waals surface area (Å²) in [6.07, 6.45) is 8.36. The van der Waals surface area contributed by atoms with E-state index in [1.807, 2.05) is 0 Å². The molecule has 2 aromatic rings. The van der Waals surface area contributed by atoms with E-state index in [1.165, 1.54) is 25.7 Å². The molecule has 0 radical (unpaired) electrons. The molecule has 0 aromatic carbocycles. The number of hydrogen-bond acceptors (Lipinski definition) is 5. The lowest BCUT2D eigenvalue weighted by molar-refractivity contribution is 0.527. The van der Waals surface area contributed by atoms with Gasteiger partial charge in [-0.1, -0.05) is 12.8 Å². The molecular weight excluding hydrogens is 204 g/mol. The summed E-state index contributed by atoms with van der Waals surface area (Å²) in [4.78, 5) is 4.13. The van der Waals surface area contributed by atoms with Crippen molar-refractivity contribution in [1.82, 2.24) is 25.0 Å². The average molecular weight is 218 g/mol. The maximum absolute atomic E-state index is 4.13. The van der Waals surface area contributed by atoms with Gasteiger partial charge >= 0.3 is 0 Å². The Labute approximate surface area is 93.1 Å². The minimum Gasteiger partial charge on any atom is -0.363 e. The Kier molecular flexibility index (Phi) is 2.02. The largest absolute Gasteiger partial charge is 0.363 e. The first-order chi connectivity index (χ1) is 7.77. The van der Waals surface area contributed by atoms with Crippen molar-refractivity contribution in [3.8, 4) is 0 Å². The maximum Gasteiger partial charge on any atom is 0.199 e. The van der Waals surface area contributed by atoms with Crippen LogP contribution >= 0.6 is 0 Å². The van der Waals surface area contributed by atoms with Gasteiger partial charge < -0.3 is 5.32 Å². The van der Waals surface area contributed by atoms with Gasteiger partial charge in [-0.05, 0) is 30.2 Å². The first kappa shape index (κ1) is 9.50. The standard InChI is InChI=1S/C10H14N6/c1-10(4-2-3-5-10)12-8-6-11-7-9-13-14-15-16(8)9/h6-7,12H,2-5H2,1H3. The molecule has 1 saturated carbocycles. The van der Waals surface area contributed by atoms with Crippen LogP contribution in [-0.2, 0) is 0 Å². The highest BCUT2D eigenvalue weighted by molar-refractivity contribution is 5.45. The average Bonchev–Trinajstić information content (AvgIpc) is 2.87. The van der Waals surface area contributed by atoms with Gasteiger partial charge in [0.15, 0.2) is 11.5 Å². The van der Waals surface area contributed by atoms with E-state index in [-0.39, 0.29) is 5.54 Å². The normalized spacial score (nSPS) is 19.1. The van der Waals surface area contributed by atoms with Crippen LogP contribution in [0.5, 0.6) is 0 Å². The number of fused-ring (bicyclic) bond motifs is 1. The van der Waals surface area contributed by atoms with E-state index in [9.17, 15) is 0 Å². The third kappa shape index (κ3) is 1.50. The summed E-state index contributed by atoms with van der Waals surface area (Å²) >= 11 is 0. The van der Waals surface area contributed by atoms with Crippen LogP contribution in [0.2, 0.25) is 0 Å². The summed E-state index contributed by atoms with van der Waals surface area (Å²) in [5.41, 5.74) is 0.827. The number of tetrazole rings is 1. The summed E-state index contributed by atoms with van der Waals surface area (Å²) in [6.45, 7) is 2.24. The van der Waals surface area contributed by atoms with Crippen LogP contribution in [0.15, 0.2) is 12.4 Å². The van der Waals surface area contributed by atoms with Crippen molar-refractivity contribution >= 4 is 11.5 Å². The SMILES string of the molecule is CC1(Nc2cncc3nnnn23)CCCC1. The first-order valence-corrected chi connectivity index (χ1v) is 5.57. The lowest BCUT2D eigenvalue weighted by atomic mass is 10.0. The van der Waals surface area contributed by atoms with E-state index in [2.05, 4.69) is 32.7 Å². The van der Waals surface area contributed by atoms with E-state index >= 15 is 0 Å². The molecule has 0 saturated heterocycles. The molecule has 1 fully saturated rings. The van der Waals surface area contributed by atoms with Gasteiger partial charge in [-0.2, -0.15) is 4.52 Å². The summed E-state index contributed by atoms with van der Waals surface area (Å²) in [7, 11) is 0. The van der Waals surface area contributed by atoms with E-state index in [1.54, 1.807) is 16.9 Å². The fourth-order valence-electron chi connectivity index (χ4n) is 2.35. The van der Waals surface area contributed by atoms with Crippen molar-refractivity contribution in [1.29, 1.82) is 0 Å². The third-order valence-electron chi connectivity index (χ3n) is 3.25. The molecule has 0 amide bonds. The Morgan fingerprint density at radius 1 is 1.31 bits per heavy atom. The molecular formula is C10H14N6. The zero-order valence-electron chi connectivity index (χ0n) is 9.22. The van der Waals surface area contributed by atoms with Crippen LogP contribution in [0.3, 0.4) is 0 Å². The fourth-order valence-corrected chi connectivity index (χ4v) is 2.35. The molecule has 3 rings (SSSR count). The van der Waals surface area contributed by atoms with Gasteiger partial charge in [-0.3, -0.25) is 4.98 Å². The van der Waals surface area contributed by atoms with Gasteiger partial charge in [0.2, 0.25) is 0 Å². The quantitative estimate of drug-likeness (QED) is 0.822. The Morgan fingerprint density at radius 2 is 2.12 bits per heavy atom. The van der Waals surface area contributed by atoms with Crippen molar-refractivity contribution in [2.75, 3.05) is 5.32 Å². The highest BCUT2D eigenvalue weighted by Gasteiger charge is 2.29. The van der Waals surface area contributed by atoms with Gasteiger partial charge in [-0.25, -0.2) is 0 Å². The smallest absolute Gasteiger partial charge is 0.199 e. The molecule has 2 aromatic heterocycles. The Hall–Kier alpha value is -1.72. The lowest BCUT2D eigenvalue weighted by Crippen LogP contribution is -2.32. The third-order valence-corrected chi connectivity index (χ3v) is 3.25. The van der Waals surface area contributed by atoms with Crippen molar-refractivity contribution < 1.29 is 0 Å². The first-order valence-electron chi connectivity index (χ1n) is 5.57. The molecule has 0 aliphatic heterocycles. The van der Waals surface area contributed by atoms with E-state index in [4.69, 9.17) is 0 Å². The number of rotatable bonds is 2. The molecule has 6 nitrogen and oxygen atoms in total. The van der Waals surface area contributed by atoms with Gasteiger partial charge in [0.25, 0.3) is 0 Å². The van der Waals surface area contributed by atoms with Crippen molar-refractivity contribution in [3.05, 3.63) is 12.4 Å². The van der Waals surface area contributed by atoms with Gasteiger partial charge in [0.05, 0.1) is 12.4 Å². The number of nitrogens with one attached hydrogen (secondary N) is 1. The molecule has 0 bridgehead atoms. The summed E-state index contributed by atoms with van der Waals surface area (Å²) < 4.78 is 1.69. The molecule has 0 spiro atoms. The fraction of sp³-hybridized carbons (Fsp3) is 0.600. The topological polar surface area (TPSA) is 68.0 Å². The zero-order chi connectivity index (χ0) is 11.0. The predicted molar refractivity (Wildman–Crippen MR) is 59.1 cm³/mol. The Bertz CT molecular complexity index is 499. The minimum absolute atomic E-state index is 0.155. The minimum atomic E-state index is 0.155. The van der Waals surface area contributed by atoms with Crippen molar-refractivity contribution in [2.45, 2.75) is 38.1 Å². The molecule has 16 heavy (non-hydrogen) atoms. The van der Waals surface area contributed by atoms with Crippen LogP contribution in [-0.4, -0.2) is 30.6 Å². The molecule has 0 unspecified atom stereocenters. The molecule has 6 heteroatoms. The molecule has 1 aliphatic carbocycles. The van der Waals surface area contributed by atoms with E-state index in [0.29, 0.717) is 5.65 Å². The molecule has 84 valence electrons. The number of nitrogens with zero attached hydrogens (tertiary/aromatic N) is 5. The second-order valence-corrected chi connectivity index (χ2v) is 4.63. The number of anilines is 1. The van der Waals surface area contributed by atoms with Crippen LogP contribution < -0.4 is 5.32 Å². The van der Waals surface area contributed by atoms with Crippen molar-refractivity contribution in [2.24, 2.45) is 0 Å². The lowest BCUT2D eigenvalue weighted by Gasteiger charge is -2.26. The molecule has 1 N–H and O–H groups in total. The maximum atomic E-state index is 4.13. The monoisotopic (exact) mass is 218 g/mol. The van der Waals surface area contributed by atoms with Crippen LogP contribution in [0, 0.1) is 0 Å². The Balaban J connectivity index is 1.96. The molecule has 0 atom stereocenters. The number of hydrogen-bond donors (Lipinski definition) is 1. The van der Waals surface area contributed by atoms with Crippen LogP contribution in [0.4, 0.5) is 5.82 Å². The summed E-state index contributed by atoms with van der Waals surface area (Å²) in [6, 6.07) is 0.